The van der Waals surface area contributed by atoms with Crippen molar-refractivity contribution < 1.29 is 18.7 Å². The number of benzene rings is 2. The second-order valence-electron chi connectivity index (χ2n) is 4.73. The van der Waals surface area contributed by atoms with Gasteiger partial charge in [-0.25, -0.2) is 0 Å². The van der Waals surface area contributed by atoms with Crippen molar-refractivity contribution >= 4 is 32.9 Å². The first-order valence-electron chi connectivity index (χ1n) is 6.66. The fourth-order valence-corrected chi connectivity index (χ4v) is 2.52. The van der Waals surface area contributed by atoms with Gasteiger partial charge in [0.1, 0.15) is 17.1 Å². The summed E-state index contributed by atoms with van der Waals surface area (Å²) in [5.74, 6) is 0.859. The number of methoxy groups -OCH3 is 1. The molecule has 0 spiro atoms. The van der Waals surface area contributed by atoms with Crippen LogP contribution in [0.3, 0.4) is 0 Å². The lowest BCUT2D eigenvalue weighted by molar-refractivity contribution is -0.133. The lowest BCUT2D eigenvalue weighted by Gasteiger charge is -2.05. The van der Waals surface area contributed by atoms with Crippen LogP contribution in [0.25, 0.3) is 11.0 Å². The molecule has 0 radical (unpaired) electrons. The van der Waals surface area contributed by atoms with E-state index in [0.29, 0.717) is 11.5 Å². The molecular formula is C17H13BrO4. The second kappa shape index (κ2) is 6.23. The SMILES string of the molecule is COc1ccc(OC(=O)Cc2coc3ccc(Br)cc23)cc1. The molecule has 5 heteroatoms. The van der Waals surface area contributed by atoms with Crippen LogP contribution in [0.2, 0.25) is 0 Å². The Morgan fingerprint density at radius 3 is 2.59 bits per heavy atom. The normalized spacial score (nSPS) is 10.6. The Balaban J connectivity index is 1.73. The molecule has 1 aromatic heterocycles. The fraction of sp³-hybridized carbons (Fsp3) is 0.118. The number of hydrogen-bond acceptors (Lipinski definition) is 4. The third-order valence-electron chi connectivity index (χ3n) is 3.24. The highest BCUT2D eigenvalue weighted by atomic mass is 79.9. The van der Waals surface area contributed by atoms with E-state index in [9.17, 15) is 4.79 Å². The number of carbonyl (C=O) groups is 1. The summed E-state index contributed by atoms with van der Waals surface area (Å²) < 4.78 is 16.8. The van der Waals surface area contributed by atoms with Crippen LogP contribution in [0.5, 0.6) is 11.5 Å². The number of halogens is 1. The van der Waals surface area contributed by atoms with Crippen molar-refractivity contribution in [2.75, 3.05) is 7.11 Å². The summed E-state index contributed by atoms with van der Waals surface area (Å²) in [6, 6.07) is 12.6. The molecule has 0 unspecified atom stereocenters. The van der Waals surface area contributed by atoms with Gasteiger partial charge in [0.25, 0.3) is 0 Å². The Morgan fingerprint density at radius 1 is 1.14 bits per heavy atom. The van der Waals surface area contributed by atoms with Gasteiger partial charge in [0.2, 0.25) is 0 Å². The summed E-state index contributed by atoms with van der Waals surface area (Å²) in [4.78, 5) is 12.1. The highest BCUT2D eigenvalue weighted by Crippen LogP contribution is 2.26. The van der Waals surface area contributed by atoms with Gasteiger partial charge in [-0.05, 0) is 42.5 Å². The van der Waals surface area contributed by atoms with Crippen LogP contribution in [-0.2, 0) is 11.2 Å². The Kier molecular flexibility index (Phi) is 4.15. The largest absolute Gasteiger partial charge is 0.497 e. The highest BCUT2D eigenvalue weighted by molar-refractivity contribution is 9.10. The molecule has 0 aliphatic rings. The maximum Gasteiger partial charge on any atom is 0.315 e. The van der Waals surface area contributed by atoms with E-state index in [4.69, 9.17) is 13.9 Å². The zero-order valence-corrected chi connectivity index (χ0v) is 13.4. The van der Waals surface area contributed by atoms with Gasteiger partial charge in [-0.2, -0.15) is 0 Å². The number of ether oxygens (including phenoxy) is 2. The average Bonchev–Trinajstić information content (AvgIpc) is 2.90. The number of hydrogen-bond donors (Lipinski definition) is 0. The summed E-state index contributed by atoms with van der Waals surface area (Å²) in [6.07, 6.45) is 1.74. The van der Waals surface area contributed by atoms with Crippen molar-refractivity contribution in [3.63, 3.8) is 0 Å². The summed E-state index contributed by atoms with van der Waals surface area (Å²) in [6.45, 7) is 0. The van der Waals surface area contributed by atoms with E-state index < -0.39 is 0 Å². The van der Waals surface area contributed by atoms with E-state index in [2.05, 4.69) is 15.9 Å². The molecule has 0 saturated heterocycles. The van der Waals surface area contributed by atoms with Gasteiger partial charge in [-0.3, -0.25) is 4.79 Å². The molecule has 3 aromatic rings. The van der Waals surface area contributed by atoms with Gasteiger partial charge < -0.3 is 13.9 Å². The van der Waals surface area contributed by atoms with Crippen LogP contribution < -0.4 is 9.47 Å². The molecule has 22 heavy (non-hydrogen) atoms. The number of esters is 1. The molecule has 0 N–H and O–H groups in total. The zero-order chi connectivity index (χ0) is 15.5. The standard InChI is InChI=1S/C17H13BrO4/c1-20-13-3-5-14(6-4-13)22-17(19)8-11-10-21-16-7-2-12(18)9-15(11)16/h2-7,9-10H,8H2,1H3. The Labute approximate surface area is 135 Å². The van der Waals surface area contributed by atoms with E-state index in [1.165, 1.54) is 0 Å². The maximum absolute atomic E-state index is 12.1. The van der Waals surface area contributed by atoms with Gasteiger partial charge in [0.15, 0.2) is 0 Å². The van der Waals surface area contributed by atoms with Crippen LogP contribution >= 0.6 is 15.9 Å². The first kappa shape index (κ1) is 14.7. The Hall–Kier alpha value is -2.27. The van der Waals surface area contributed by atoms with Crippen LogP contribution in [0.1, 0.15) is 5.56 Å². The molecule has 1 heterocycles. The zero-order valence-electron chi connectivity index (χ0n) is 11.8. The third-order valence-corrected chi connectivity index (χ3v) is 3.73. The van der Waals surface area contributed by atoms with Gasteiger partial charge in [-0.15, -0.1) is 0 Å². The molecule has 0 fully saturated rings. The molecule has 2 aromatic carbocycles. The van der Waals surface area contributed by atoms with Gasteiger partial charge >= 0.3 is 5.97 Å². The molecule has 0 aliphatic heterocycles. The van der Waals surface area contributed by atoms with Gasteiger partial charge in [0.05, 0.1) is 19.8 Å². The van der Waals surface area contributed by atoms with Crippen LogP contribution in [-0.4, -0.2) is 13.1 Å². The minimum absolute atomic E-state index is 0.148. The van der Waals surface area contributed by atoms with Gasteiger partial charge in [0, 0.05) is 15.4 Å². The number of furan rings is 1. The lowest BCUT2D eigenvalue weighted by atomic mass is 10.1. The van der Waals surface area contributed by atoms with Crippen molar-refractivity contribution in [3.8, 4) is 11.5 Å². The van der Waals surface area contributed by atoms with Crippen molar-refractivity contribution in [2.24, 2.45) is 0 Å². The third kappa shape index (κ3) is 3.14. The van der Waals surface area contributed by atoms with E-state index in [1.54, 1.807) is 37.6 Å². The average molecular weight is 361 g/mol. The molecule has 0 bridgehead atoms. The van der Waals surface area contributed by atoms with Gasteiger partial charge in [-0.1, -0.05) is 15.9 Å². The minimum Gasteiger partial charge on any atom is -0.497 e. The predicted molar refractivity (Wildman–Crippen MR) is 86.2 cm³/mol. The van der Waals surface area contributed by atoms with Crippen molar-refractivity contribution in [2.45, 2.75) is 6.42 Å². The molecule has 4 nitrogen and oxygen atoms in total. The van der Waals surface area contributed by atoms with Crippen LogP contribution in [0.4, 0.5) is 0 Å². The predicted octanol–water partition coefficient (Wildman–Crippen LogP) is 4.35. The molecule has 112 valence electrons. The van der Waals surface area contributed by atoms with E-state index in [-0.39, 0.29) is 12.4 Å². The van der Waals surface area contributed by atoms with Crippen molar-refractivity contribution in [1.82, 2.24) is 0 Å². The number of rotatable bonds is 4. The minimum atomic E-state index is -0.340. The topological polar surface area (TPSA) is 48.7 Å². The molecule has 0 aliphatic carbocycles. The fourth-order valence-electron chi connectivity index (χ4n) is 2.16. The smallest absolute Gasteiger partial charge is 0.315 e. The highest BCUT2D eigenvalue weighted by Gasteiger charge is 2.12. The second-order valence-corrected chi connectivity index (χ2v) is 5.64. The monoisotopic (exact) mass is 360 g/mol. The molecule has 3 rings (SSSR count). The summed E-state index contributed by atoms with van der Waals surface area (Å²) >= 11 is 3.42. The lowest BCUT2D eigenvalue weighted by Crippen LogP contribution is -2.10. The quantitative estimate of drug-likeness (QED) is 0.512. The van der Waals surface area contributed by atoms with Crippen molar-refractivity contribution in [3.05, 3.63) is 58.8 Å². The summed E-state index contributed by atoms with van der Waals surface area (Å²) in [5.41, 5.74) is 1.55. The molecule has 0 saturated carbocycles. The molecular weight excluding hydrogens is 348 g/mol. The molecule has 0 atom stereocenters. The number of carbonyl (C=O) groups excluding carboxylic acids is 1. The Bertz CT molecular complexity index is 805. The Morgan fingerprint density at radius 2 is 1.86 bits per heavy atom. The number of fused-ring (bicyclic) bond motifs is 1. The van der Waals surface area contributed by atoms with Crippen LogP contribution in [0.15, 0.2) is 57.6 Å². The molecule has 0 amide bonds. The van der Waals surface area contributed by atoms with Crippen LogP contribution in [0, 0.1) is 0 Å². The van der Waals surface area contributed by atoms with Crippen molar-refractivity contribution in [1.29, 1.82) is 0 Å². The summed E-state index contributed by atoms with van der Waals surface area (Å²) in [5, 5.41) is 0.904. The van der Waals surface area contributed by atoms with E-state index in [0.717, 1.165) is 21.0 Å². The van der Waals surface area contributed by atoms with E-state index >= 15 is 0 Å². The summed E-state index contributed by atoms with van der Waals surface area (Å²) in [7, 11) is 1.59. The maximum atomic E-state index is 12.1. The first-order valence-corrected chi connectivity index (χ1v) is 7.45. The van der Waals surface area contributed by atoms with E-state index in [1.807, 2.05) is 18.2 Å². The first-order chi connectivity index (χ1) is 10.7.